The number of carbonyl (C=O) groups is 1. The Morgan fingerprint density at radius 1 is 1.17 bits per heavy atom. The van der Waals surface area contributed by atoms with Gasteiger partial charge < -0.3 is 10.2 Å². The number of aromatic nitrogens is 2. The lowest BCUT2D eigenvalue weighted by atomic mass is 10.1. The van der Waals surface area contributed by atoms with Gasteiger partial charge in [-0.1, -0.05) is 0 Å². The molecule has 1 aromatic carbocycles. The lowest BCUT2D eigenvalue weighted by Gasteiger charge is -2.17. The summed E-state index contributed by atoms with van der Waals surface area (Å²) in [6, 6.07) is 8.17. The van der Waals surface area contributed by atoms with Gasteiger partial charge in [0.05, 0.1) is 5.69 Å². The van der Waals surface area contributed by atoms with Crippen molar-refractivity contribution in [2.45, 2.75) is 39.5 Å². The van der Waals surface area contributed by atoms with Gasteiger partial charge in [-0.3, -0.25) is 9.48 Å². The molecular formula is C19H26N4O. The second kappa shape index (κ2) is 7.07. The van der Waals surface area contributed by atoms with Crippen molar-refractivity contribution in [1.82, 2.24) is 9.78 Å². The van der Waals surface area contributed by atoms with E-state index < -0.39 is 0 Å². The van der Waals surface area contributed by atoms with Crippen LogP contribution in [0.25, 0.3) is 0 Å². The highest BCUT2D eigenvalue weighted by Crippen LogP contribution is 2.22. The Bertz CT molecular complexity index is 712. The second-order valence-electron chi connectivity index (χ2n) is 6.56. The Morgan fingerprint density at radius 3 is 2.42 bits per heavy atom. The monoisotopic (exact) mass is 326 g/mol. The molecule has 1 N–H and O–H groups in total. The molecule has 2 heterocycles. The van der Waals surface area contributed by atoms with Crippen LogP contribution < -0.4 is 10.2 Å². The van der Waals surface area contributed by atoms with Gasteiger partial charge in [0.25, 0.3) is 0 Å². The molecule has 0 atom stereocenters. The summed E-state index contributed by atoms with van der Waals surface area (Å²) >= 11 is 0. The number of hydrogen-bond donors (Lipinski definition) is 1. The molecule has 0 unspecified atom stereocenters. The summed E-state index contributed by atoms with van der Waals surface area (Å²) in [6.45, 7) is 6.31. The summed E-state index contributed by atoms with van der Waals surface area (Å²) < 4.78 is 1.87. The van der Waals surface area contributed by atoms with Gasteiger partial charge >= 0.3 is 0 Å². The molecule has 0 saturated carbocycles. The molecule has 5 nitrogen and oxygen atoms in total. The fourth-order valence-electron chi connectivity index (χ4n) is 3.37. The first kappa shape index (κ1) is 16.6. The molecule has 0 bridgehead atoms. The topological polar surface area (TPSA) is 50.2 Å². The van der Waals surface area contributed by atoms with Crippen molar-refractivity contribution in [3.63, 3.8) is 0 Å². The van der Waals surface area contributed by atoms with Crippen molar-refractivity contribution < 1.29 is 4.79 Å². The van der Waals surface area contributed by atoms with Gasteiger partial charge in [-0.2, -0.15) is 5.10 Å². The highest BCUT2D eigenvalue weighted by molar-refractivity contribution is 5.91. The lowest BCUT2D eigenvalue weighted by Crippen LogP contribution is -2.17. The Balaban J connectivity index is 1.54. The van der Waals surface area contributed by atoms with Crippen LogP contribution in [0.3, 0.4) is 0 Å². The number of hydrogen-bond acceptors (Lipinski definition) is 3. The highest BCUT2D eigenvalue weighted by atomic mass is 16.1. The van der Waals surface area contributed by atoms with Crippen LogP contribution in [-0.2, 0) is 18.3 Å². The summed E-state index contributed by atoms with van der Waals surface area (Å²) in [5.74, 6) is 0.0478. The number of nitrogens with zero attached hydrogens (tertiary/aromatic N) is 3. The molecule has 24 heavy (non-hydrogen) atoms. The van der Waals surface area contributed by atoms with E-state index in [0.29, 0.717) is 6.42 Å². The van der Waals surface area contributed by atoms with Gasteiger partial charge in [0, 0.05) is 43.6 Å². The third kappa shape index (κ3) is 3.61. The van der Waals surface area contributed by atoms with E-state index in [1.54, 1.807) is 0 Å². The number of rotatable bonds is 5. The van der Waals surface area contributed by atoms with E-state index in [9.17, 15) is 4.79 Å². The Morgan fingerprint density at radius 2 is 1.83 bits per heavy atom. The largest absolute Gasteiger partial charge is 0.372 e. The number of carbonyl (C=O) groups excluding carboxylic acids is 1. The smallest absolute Gasteiger partial charge is 0.224 e. The number of anilines is 2. The quantitative estimate of drug-likeness (QED) is 0.918. The van der Waals surface area contributed by atoms with Crippen LogP contribution in [-0.4, -0.2) is 28.8 Å². The molecule has 1 aromatic heterocycles. The minimum atomic E-state index is 0.0478. The van der Waals surface area contributed by atoms with E-state index in [4.69, 9.17) is 0 Å². The minimum absolute atomic E-state index is 0.0478. The van der Waals surface area contributed by atoms with Crippen LogP contribution in [0.1, 0.15) is 36.2 Å². The molecule has 1 aliphatic rings. The molecule has 1 saturated heterocycles. The Hall–Kier alpha value is -2.30. The Kier molecular flexibility index (Phi) is 4.88. The molecule has 3 rings (SSSR count). The van der Waals surface area contributed by atoms with Crippen LogP contribution in [0.2, 0.25) is 0 Å². The van der Waals surface area contributed by atoms with Crippen LogP contribution in [0.5, 0.6) is 0 Å². The van der Waals surface area contributed by atoms with Gasteiger partial charge in [0.2, 0.25) is 5.91 Å². The molecule has 0 radical (unpaired) electrons. The standard InChI is InChI=1S/C19H26N4O/c1-14-18(15(2)22(3)21-14)10-11-19(24)20-16-6-8-17(9-7-16)23-12-4-5-13-23/h6-9H,4-5,10-13H2,1-3H3,(H,20,24). The molecular weight excluding hydrogens is 300 g/mol. The van der Waals surface area contributed by atoms with Gasteiger partial charge in [0.15, 0.2) is 0 Å². The van der Waals surface area contributed by atoms with Crippen LogP contribution >= 0.6 is 0 Å². The zero-order valence-electron chi connectivity index (χ0n) is 14.8. The third-order valence-electron chi connectivity index (χ3n) is 4.88. The van der Waals surface area contributed by atoms with E-state index in [2.05, 4.69) is 27.4 Å². The van der Waals surface area contributed by atoms with Gasteiger partial charge in [0.1, 0.15) is 0 Å². The summed E-state index contributed by atoms with van der Waals surface area (Å²) in [6.07, 6.45) is 3.74. The molecule has 1 fully saturated rings. The van der Waals surface area contributed by atoms with E-state index in [1.807, 2.05) is 37.7 Å². The van der Waals surface area contributed by atoms with Crippen LogP contribution in [0, 0.1) is 13.8 Å². The predicted molar refractivity (Wildman–Crippen MR) is 97.5 cm³/mol. The van der Waals surface area contributed by atoms with Gasteiger partial charge in [-0.05, 0) is 62.9 Å². The van der Waals surface area contributed by atoms with Gasteiger partial charge in [-0.25, -0.2) is 0 Å². The molecule has 2 aromatic rings. The van der Waals surface area contributed by atoms with Crippen molar-refractivity contribution in [1.29, 1.82) is 0 Å². The number of aryl methyl sites for hydroxylation is 2. The fourth-order valence-corrected chi connectivity index (χ4v) is 3.37. The zero-order chi connectivity index (χ0) is 17.1. The van der Waals surface area contributed by atoms with Gasteiger partial charge in [-0.15, -0.1) is 0 Å². The van der Waals surface area contributed by atoms with Crippen molar-refractivity contribution >= 4 is 17.3 Å². The van der Waals surface area contributed by atoms with Crippen molar-refractivity contribution in [3.05, 3.63) is 41.2 Å². The summed E-state index contributed by atoms with van der Waals surface area (Å²) in [7, 11) is 1.94. The minimum Gasteiger partial charge on any atom is -0.372 e. The van der Waals surface area contributed by atoms with Crippen LogP contribution in [0.4, 0.5) is 11.4 Å². The van der Waals surface area contributed by atoms with E-state index in [-0.39, 0.29) is 5.91 Å². The van der Waals surface area contributed by atoms with Crippen molar-refractivity contribution in [3.8, 4) is 0 Å². The average molecular weight is 326 g/mol. The predicted octanol–water partition coefficient (Wildman–Crippen LogP) is 3.21. The summed E-state index contributed by atoms with van der Waals surface area (Å²) in [5, 5.41) is 7.39. The van der Waals surface area contributed by atoms with Crippen LogP contribution in [0.15, 0.2) is 24.3 Å². The molecule has 128 valence electrons. The number of benzene rings is 1. The number of nitrogens with one attached hydrogen (secondary N) is 1. The van der Waals surface area contributed by atoms with E-state index >= 15 is 0 Å². The maximum atomic E-state index is 12.2. The Labute approximate surface area is 143 Å². The number of amides is 1. The molecule has 5 heteroatoms. The maximum absolute atomic E-state index is 12.2. The average Bonchev–Trinajstić information content (AvgIpc) is 3.17. The first-order valence-electron chi connectivity index (χ1n) is 8.68. The molecule has 1 amide bonds. The fraction of sp³-hybridized carbons (Fsp3) is 0.474. The van der Waals surface area contributed by atoms with E-state index in [0.717, 1.165) is 36.6 Å². The highest BCUT2D eigenvalue weighted by Gasteiger charge is 2.13. The maximum Gasteiger partial charge on any atom is 0.224 e. The molecule has 0 spiro atoms. The summed E-state index contributed by atoms with van der Waals surface area (Å²) in [5.41, 5.74) is 5.43. The molecule has 0 aliphatic carbocycles. The van der Waals surface area contributed by atoms with E-state index in [1.165, 1.54) is 24.1 Å². The molecule has 1 aliphatic heterocycles. The third-order valence-corrected chi connectivity index (χ3v) is 4.88. The lowest BCUT2D eigenvalue weighted by molar-refractivity contribution is -0.116. The summed E-state index contributed by atoms with van der Waals surface area (Å²) in [4.78, 5) is 14.6. The normalized spacial score (nSPS) is 14.2. The zero-order valence-corrected chi connectivity index (χ0v) is 14.8. The SMILES string of the molecule is Cc1nn(C)c(C)c1CCC(=O)Nc1ccc(N2CCCC2)cc1. The van der Waals surface area contributed by atoms with Crippen molar-refractivity contribution in [2.24, 2.45) is 7.05 Å². The first-order valence-corrected chi connectivity index (χ1v) is 8.68. The van der Waals surface area contributed by atoms with Crippen molar-refractivity contribution in [2.75, 3.05) is 23.3 Å². The second-order valence-corrected chi connectivity index (χ2v) is 6.56. The first-order chi connectivity index (χ1) is 11.5.